The van der Waals surface area contributed by atoms with Crippen LogP contribution in [0.15, 0.2) is 24.3 Å². The number of carbonyl (C=O) groups excluding carboxylic acids is 2. The highest BCUT2D eigenvalue weighted by molar-refractivity contribution is 5.86. The molecule has 0 spiro atoms. The van der Waals surface area contributed by atoms with Gasteiger partial charge in [-0.15, -0.1) is 0 Å². The lowest BCUT2D eigenvalue weighted by atomic mass is 9.79. The lowest BCUT2D eigenvalue weighted by molar-refractivity contribution is -0.134. The van der Waals surface area contributed by atoms with Gasteiger partial charge in [-0.05, 0) is 36.8 Å². The van der Waals surface area contributed by atoms with Gasteiger partial charge in [0, 0.05) is 19.8 Å². The van der Waals surface area contributed by atoms with Crippen molar-refractivity contribution in [3.8, 4) is 0 Å². The molecule has 1 fully saturated rings. The molecule has 1 aromatic carbocycles. The van der Waals surface area contributed by atoms with Gasteiger partial charge in [0.15, 0.2) is 0 Å². The summed E-state index contributed by atoms with van der Waals surface area (Å²) in [6.07, 6.45) is 2.91. The standard InChI is InChI=1S/C17H22N2O3/c18-16(21)17(7-9-22-10-8-17)11-19-15(20)14-6-5-12-3-1-2-4-13(12)14/h1-4,14H,5-11H2,(H2,18,21)(H,19,20). The molecule has 5 nitrogen and oxygen atoms in total. The maximum absolute atomic E-state index is 12.5. The van der Waals surface area contributed by atoms with Gasteiger partial charge >= 0.3 is 0 Å². The fourth-order valence-corrected chi connectivity index (χ4v) is 3.48. The molecule has 1 heterocycles. The largest absolute Gasteiger partial charge is 0.381 e. The molecule has 0 saturated carbocycles. The van der Waals surface area contributed by atoms with Crippen LogP contribution in [-0.2, 0) is 20.7 Å². The summed E-state index contributed by atoms with van der Waals surface area (Å²) in [7, 11) is 0. The van der Waals surface area contributed by atoms with Crippen molar-refractivity contribution >= 4 is 11.8 Å². The van der Waals surface area contributed by atoms with E-state index in [1.165, 1.54) is 5.56 Å². The number of benzene rings is 1. The third-order valence-electron chi connectivity index (χ3n) is 5.02. The van der Waals surface area contributed by atoms with Gasteiger partial charge in [-0.3, -0.25) is 9.59 Å². The summed E-state index contributed by atoms with van der Waals surface area (Å²) in [4.78, 5) is 24.3. The second-order valence-electron chi connectivity index (χ2n) is 6.26. The molecular weight excluding hydrogens is 280 g/mol. The van der Waals surface area contributed by atoms with Gasteiger partial charge < -0.3 is 15.8 Å². The zero-order chi connectivity index (χ0) is 15.6. The Labute approximate surface area is 130 Å². The van der Waals surface area contributed by atoms with Crippen LogP contribution in [0.3, 0.4) is 0 Å². The molecule has 1 aromatic rings. The van der Waals surface area contributed by atoms with Crippen LogP contribution in [0, 0.1) is 5.41 Å². The van der Waals surface area contributed by atoms with E-state index in [4.69, 9.17) is 10.5 Å². The van der Waals surface area contributed by atoms with Crippen LogP contribution in [0.25, 0.3) is 0 Å². The van der Waals surface area contributed by atoms with Gasteiger partial charge in [0.25, 0.3) is 0 Å². The van der Waals surface area contributed by atoms with Crippen molar-refractivity contribution in [1.82, 2.24) is 5.32 Å². The number of nitrogens with one attached hydrogen (secondary N) is 1. The van der Waals surface area contributed by atoms with Crippen LogP contribution in [0.4, 0.5) is 0 Å². The molecule has 1 aliphatic heterocycles. The Hall–Kier alpha value is -1.88. The molecule has 5 heteroatoms. The Bertz CT molecular complexity index is 579. The van der Waals surface area contributed by atoms with Crippen LogP contribution in [-0.4, -0.2) is 31.6 Å². The maximum atomic E-state index is 12.5. The number of carbonyl (C=O) groups is 2. The van der Waals surface area contributed by atoms with Gasteiger partial charge in [0.05, 0.1) is 11.3 Å². The summed E-state index contributed by atoms with van der Waals surface area (Å²) in [5.41, 5.74) is 7.27. The Kier molecular flexibility index (Phi) is 4.16. The number of aryl methyl sites for hydroxylation is 1. The second-order valence-corrected chi connectivity index (χ2v) is 6.26. The third-order valence-corrected chi connectivity index (χ3v) is 5.02. The van der Waals surface area contributed by atoms with Crippen LogP contribution >= 0.6 is 0 Å². The van der Waals surface area contributed by atoms with Crippen LogP contribution in [0.5, 0.6) is 0 Å². The normalized spacial score (nSPS) is 22.8. The first kappa shape index (κ1) is 15.0. The summed E-state index contributed by atoms with van der Waals surface area (Å²) in [5.74, 6) is -0.457. The molecule has 1 unspecified atom stereocenters. The molecule has 0 bridgehead atoms. The number of rotatable bonds is 4. The molecule has 2 aliphatic rings. The highest BCUT2D eigenvalue weighted by Crippen LogP contribution is 2.34. The van der Waals surface area contributed by atoms with Crippen molar-refractivity contribution in [2.75, 3.05) is 19.8 Å². The van der Waals surface area contributed by atoms with E-state index in [0.717, 1.165) is 18.4 Å². The monoisotopic (exact) mass is 302 g/mol. The second kappa shape index (κ2) is 6.08. The highest BCUT2D eigenvalue weighted by Gasteiger charge is 2.39. The fraction of sp³-hybridized carbons (Fsp3) is 0.529. The van der Waals surface area contributed by atoms with Gasteiger partial charge in [-0.2, -0.15) is 0 Å². The highest BCUT2D eigenvalue weighted by atomic mass is 16.5. The number of ether oxygens (including phenoxy) is 1. The molecule has 118 valence electrons. The molecule has 3 N–H and O–H groups in total. The molecule has 0 aromatic heterocycles. The zero-order valence-electron chi connectivity index (χ0n) is 12.6. The predicted octanol–water partition coefficient (Wildman–Crippen LogP) is 1.11. The summed E-state index contributed by atoms with van der Waals surface area (Å²) < 4.78 is 5.31. The van der Waals surface area contributed by atoms with E-state index < -0.39 is 5.41 Å². The number of nitrogens with two attached hydrogens (primary N) is 1. The van der Waals surface area contributed by atoms with Crippen molar-refractivity contribution < 1.29 is 14.3 Å². The fourth-order valence-electron chi connectivity index (χ4n) is 3.48. The first-order chi connectivity index (χ1) is 10.6. The van der Waals surface area contributed by atoms with Gasteiger partial charge in [0.2, 0.25) is 11.8 Å². The summed E-state index contributed by atoms with van der Waals surface area (Å²) in [5, 5.41) is 2.96. The smallest absolute Gasteiger partial charge is 0.227 e. The minimum Gasteiger partial charge on any atom is -0.381 e. The molecular formula is C17H22N2O3. The minimum atomic E-state index is -0.661. The Morgan fingerprint density at radius 3 is 2.73 bits per heavy atom. The number of hydrogen-bond donors (Lipinski definition) is 2. The van der Waals surface area contributed by atoms with Crippen molar-refractivity contribution in [2.24, 2.45) is 11.1 Å². The van der Waals surface area contributed by atoms with Crippen LogP contribution < -0.4 is 11.1 Å². The Balaban J connectivity index is 1.66. The summed E-state index contributed by atoms with van der Waals surface area (Å²) in [6.45, 7) is 1.35. The number of fused-ring (bicyclic) bond motifs is 1. The van der Waals surface area contributed by atoms with Crippen molar-refractivity contribution in [1.29, 1.82) is 0 Å². The van der Waals surface area contributed by atoms with Crippen molar-refractivity contribution in [3.63, 3.8) is 0 Å². The van der Waals surface area contributed by atoms with E-state index in [1.54, 1.807) is 0 Å². The lowest BCUT2D eigenvalue weighted by Gasteiger charge is -2.34. The number of amides is 2. The van der Waals surface area contributed by atoms with E-state index in [1.807, 2.05) is 18.2 Å². The van der Waals surface area contributed by atoms with Crippen molar-refractivity contribution in [3.05, 3.63) is 35.4 Å². The summed E-state index contributed by atoms with van der Waals surface area (Å²) >= 11 is 0. The Morgan fingerprint density at radius 2 is 2.00 bits per heavy atom. The van der Waals surface area contributed by atoms with Crippen LogP contribution in [0.1, 0.15) is 36.3 Å². The van der Waals surface area contributed by atoms with Gasteiger partial charge in [0.1, 0.15) is 0 Å². The first-order valence-electron chi connectivity index (χ1n) is 7.85. The number of primary amides is 1. The zero-order valence-corrected chi connectivity index (χ0v) is 12.6. The molecule has 3 rings (SSSR count). The quantitative estimate of drug-likeness (QED) is 0.874. The van der Waals surface area contributed by atoms with Gasteiger partial charge in [-0.1, -0.05) is 24.3 Å². The third kappa shape index (κ3) is 2.73. The van der Waals surface area contributed by atoms with E-state index in [9.17, 15) is 9.59 Å². The molecule has 2 amide bonds. The van der Waals surface area contributed by atoms with E-state index >= 15 is 0 Å². The average Bonchev–Trinajstić information content (AvgIpc) is 2.97. The molecule has 1 saturated heterocycles. The van der Waals surface area contributed by atoms with E-state index in [-0.39, 0.29) is 17.7 Å². The summed E-state index contributed by atoms with van der Waals surface area (Å²) in [6, 6.07) is 8.06. The minimum absolute atomic E-state index is 0.00272. The maximum Gasteiger partial charge on any atom is 0.227 e. The lowest BCUT2D eigenvalue weighted by Crippen LogP contribution is -2.50. The van der Waals surface area contributed by atoms with E-state index in [0.29, 0.717) is 32.6 Å². The first-order valence-corrected chi connectivity index (χ1v) is 7.85. The molecule has 1 aliphatic carbocycles. The average molecular weight is 302 g/mol. The number of hydrogen-bond acceptors (Lipinski definition) is 3. The van der Waals surface area contributed by atoms with Crippen molar-refractivity contribution in [2.45, 2.75) is 31.6 Å². The Morgan fingerprint density at radius 1 is 1.27 bits per heavy atom. The SMILES string of the molecule is NC(=O)C1(CNC(=O)C2CCc3ccccc32)CCOCC1. The predicted molar refractivity (Wildman–Crippen MR) is 82.2 cm³/mol. The molecule has 1 atom stereocenters. The van der Waals surface area contributed by atoms with E-state index in [2.05, 4.69) is 11.4 Å². The topological polar surface area (TPSA) is 81.4 Å². The molecule has 0 radical (unpaired) electrons. The molecule has 22 heavy (non-hydrogen) atoms. The van der Waals surface area contributed by atoms with Crippen LogP contribution in [0.2, 0.25) is 0 Å². The van der Waals surface area contributed by atoms with Gasteiger partial charge in [-0.25, -0.2) is 0 Å².